The van der Waals surface area contributed by atoms with Gasteiger partial charge >= 0.3 is 5.69 Å². The number of para-hydroxylation sites is 1. The van der Waals surface area contributed by atoms with Gasteiger partial charge in [-0.1, -0.05) is 24.3 Å². The zero-order valence-corrected chi connectivity index (χ0v) is 17.7. The molecule has 1 aromatic heterocycles. The molecule has 0 saturated carbocycles. The number of hydrogen-bond acceptors (Lipinski definition) is 4. The van der Waals surface area contributed by atoms with Gasteiger partial charge in [0.2, 0.25) is 5.91 Å². The molecule has 7 heteroatoms. The summed E-state index contributed by atoms with van der Waals surface area (Å²) in [4.78, 5) is 38.1. The number of hydrogen-bond donors (Lipinski definition) is 1. The van der Waals surface area contributed by atoms with E-state index in [-0.39, 0.29) is 36.7 Å². The summed E-state index contributed by atoms with van der Waals surface area (Å²) >= 11 is 0. The highest BCUT2D eigenvalue weighted by Gasteiger charge is 2.16. The lowest BCUT2D eigenvalue weighted by Gasteiger charge is -2.18. The highest BCUT2D eigenvalue weighted by atomic mass is 16.5. The second-order valence-electron chi connectivity index (χ2n) is 7.46. The van der Waals surface area contributed by atoms with E-state index in [1.165, 1.54) is 4.57 Å². The minimum atomic E-state index is -0.490. The highest BCUT2D eigenvalue weighted by Crippen LogP contribution is 2.20. The van der Waals surface area contributed by atoms with Gasteiger partial charge in [-0.2, -0.15) is 0 Å². The molecule has 0 aliphatic rings. The van der Waals surface area contributed by atoms with Crippen LogP contribution in [0, 0.1) is 0 Å². The van der Waals surface area contributed by atoms with Crippen LogP contribution in [0.1, 0.15) is 39.3 Å². The summed E-state index contributed by atoms with van der Waals surface area (Å²) in [7, 11) is 0. The molecule has 0 spiro atoms. The molecule has 0 radical (unpaired) electrons. The lowest BCUT2D eigenvalue weighted by atomic mass is 10.1. The number of carbonyl (C=O) groups is 1. The van der Waals surface area contributed by atoms with Gasteiger partial charge in [0, 0.05) is 6.54 Å². The fourth-order valence-electron chi connectivity index (χ4n) is 3.45. The van der Waals surface area contributed by atoms with E-state index in [9.17, 15) is 14.4 Å². The SMILES string of the molecule is CCn1c(=O)c2ccccc2n(CC(=O)NC(C)c2cccc(OC(C)C)c2)c1=O. The van der Waals surface area contributed by atoms with Crippen LogP contribution >= 0.6 is 0 Å². The second kappa shape index (κ2) is 8.98. The molecule has 2 aromatic carbocycles. The first-order valence-corrected chi connectivity index (χ1v) is 10.1. The molecule has 0 aliphatic heterocycles. The number of rotatable bonds is 7. The average molecular weight is 409 g/mol. The zero-order chi connectivity index (χ0) is 21.8. The highest BCUT2D eigenvalue weighted by molar-refractivity contribution is 5.81. The third-order valence-electron chi connectivity index (χ3n) is 4.86. The largest absolute Gasteiger partial charge is 0.491 e. The number of amides is 1. The first kappa shape index (κ1) is 21.4. The Morgan fingerprint density at radius 1 is 1.03 bits per heavy atom. The normalized spacial score (nSPS) is 12.2. The van der Waals surface area contributed by atoms with Gasteiger partial charge in [0.1, 0.15) is 12.3 Å². The molecule has 158 valence electrons. The van der Waals surface area contributed by atoms with Crippen molar-refractivity contribution in [2.75, 3.05) is 0 Å². The van der Waals surface area contributed by atoms with Crippen molar-refractivity contribution in [2.24, 2.45) is 0 Å². The van der Waals surface area contributed by atoms with Crippen molar-refractivity contribution in [3.05, 3.63) is 74.9 Å². The van der Waals surface area contributed by atoms with Crippen molar-refractivity contribution in [1.82, 2.24) is 14.5 Å². The topological polar surface area (TPSA) is 82.3 Å². The van der Waals surface area contributed by atoms with E-state index in [4.69, 9.17) is 4.74 Å². The maximum Gasteiger partial charge on any atom is 0.331 e. The molecule has 0 fully saturated rings. The Bertz CT molecular complexity index is 1180. The van der Waals surface area contributed by atoms with E-state index in [0.717, 1.165) is 15.9 Å². The predicted molar refractivity (Wildman–Crippen MR) is 117 cm³/mol. The summed E-state index contributed by atoms with van der Waals surface area (Å²) < 4.78 is 8.21. The molecule has 1 unspecified atom stereocenters. The summed E-state index contributed by atoms with van der Waals surface area (Å²) in [6.45, 7) is 7.58. The smallest absolute Gasteiger partial charge is 0.331 e. The lowest BCUT2D eigenvalue weighted by molar-refractivity contribution is -0.122. The molecule has 0 saturated heterocycles. The Balaban J connectivity index is 1.86. The fraction of sp³-hybridized carbons (Fsp3) is 0.348. The number of aromatic nitrogens is 2. The molecule has 30 heavy (non-hydrogen) atoms. The van der Waals surface area contributed by atoms with Crippen molar-refractivity contribution in [3.63, 3.8) is 0 Å². The van der Waals surface area contributed by atoms with Gasteiger partial charge in [-0.15, -0.1) is 0 Å². The van der Waals surface area contributed by atoms with Crippen molar-refractivity contribution in [1.29, 1.82) is 0 Å². The van der Waals surface area contributed by atoms with Crippen LogP contribution in [-0.2, 0) is 17.9 Å². The van der Waals surface area contributed by atoms with Gasteiger partial charge in [-0.25, -0.2) is 4.79 Å². The number of fused-ring (bicyclic) bond motifs is 1. The number of benzene rings is 2. The van der Waals surface area contributed by atoms with Gasteiger partial charge in [0.05, 0.1) is 23.0 Å². The van der Waals surface area contributed by atoms with E-state index < -0.39 is 5.69 Å². The van der Waals surface area contributed by atoms with Crippen LogP contribution in [0.5, 0.6) is 5.75 Å². The van der Waals surface area contributed by atoms with Crippen LogP contribution in [0.4, 0.5) is 0 Å². The third-order valence-corrected chi connectivity index (χ3v) is 4.86. The van der Waals surface area contributed by atoms with Crippen molar-refractivity contribution in [2.45, 2.75) is 52.9 Å². The van der Waals surface area contributed by atoms with Crippen molar-refractivity contribution >= 4 is 16.8 Å². The Kier molecular flexibility index (Phi) is 6.40. The molecule has 7 nitrogen and oxygen atoms in total. The Morgan fingerprint density at radius 3 is 2.47 bits per heavy atom. The molecule has 0 aliphatic carbocycles. The van der Waals surface area contributed by atoms with Gasteiger partial charge < -0.3 is 10.1 Å². The van der Waals surface area contributed by atoms with Gasteiger partial charge in [0.25, 0.3) is 5.56 Å². The summed E-state index contributed by atoms with van der Waals surface area (Å²) in [5.74, 6) is 0.423. The van der Waals surface area contributed by atoms with Gasteiger partial charge in [-0.3, -0.25) is 18.7 Å². The monoisotopic (exact) mass is 409 g/mol. The lowest BCUT2D eigenvalue weighted by Crippen LogP contribution is -2.42. The maximum absolute atomic E-state index is 12.8. The Hall–Kier alpha value is -3.35. The molecule has 3 aromatic rings. The molecule has 0 bridgehead atoms. The number of ether oxygens (including phenoxy) is 1. The van der Waals surface area contributed by atoms with Crippen LogP contribution in [0.15, 0.2) is 58.1 Å². The molecule has 1 N–H and O–H groups in total. The molecule has 3 rings (SSSR count). The van der Waals surface area contributed by atoms with Crippen molar-refractivity contribution in [3.8, 4) is 5.75 Å². The Morgan fingerprint density at radius 2 is 1.77 bits per heavy atom. The summed E-state index contributed by atoms with van der Waals surface area (Å²) in [6, 6.07) is 14.1. The molecule has 1 atom stereocenters. The van der Waals surface area contributed by atoms with Crippen LogP contribution in [0.3, 0.4) is 0 Å². The number of nitrogens with one attached hydrogen (secondary N) is 1. The minimum absolute atomic E-state index is 0.0551. The Labute approximate surface area is 174 Å². The number of nitrogens with zero attached hydrogens (tertiary/aromatic N) is 2. The van der Waals surface area contributed by atoms with Crippen LogP contribution < -0.4 is 21.3 Å². The molecular weight excluding hydrogens is 382 g/mol. The second-order valence-corrected chi connectivity index (χ2v) is 7.46. The quantitative estimate of drug-likeness (QED) is 0.651. The average Bonchev–Trinajstić information content (AvgIpc) is 2.71. The fourth-order valence-corrected chi connectivity index (χ4v) is 3.45. The first-order chi connectivity index (χ1) is 14.3. The van der Waals surface area contributed by atoms with Crippen LogP contribution in [0.2, 0.25) is 0 Å². The van der Waals surface area contributed by atoms with Crippen molar-refractivity contribution < 1.29 is 9.53 Å². The van der Waals surface area contributed by atoms with E-state index in [0.29, 0.717) is 10.9 Å². The van der Waals surface area contributed by atoms with Gasteiger partial charge in [-0.05, 0) is 57.5 Å². The predicted octanol–water partition coefficient (Wildman–Crippen LogP) is 2.85. The summed E-state index contributed by atoms with van der Waals surface area (Å²) in [5, 5.41) is 3.34. The van der Waals surface area contributed by atoms with E-state index in [1.807, 2.05) is 45.0 Å². The zero-order valence-electron chi connectivity index (χ0n) is 17.7. The summed E-state index contributed by atoms with van der Waals surface area (Å²) in [5.41, 5.74) is 0.519. The molecule has 1 heterocycles. The maximum atomic E-state index is 12.8. The molecular formula is C23H27N3O4. The van der Waals surface area contributed by atoms with Crippen LogP contribution in [-0.4, -0.2) is 21.1 Å². The minimum Gasteiger partial charge on any atom is -0.491 e. The van der Waals surface area contributed by atoms with E-state index >= 15 is 0 Å². The van der Waals surface area contributed by atoms with E-state index in [2.05, 4.69) is 5.32 Å². The van der Waals surface area contributed by atoms with E-state index in [1.54, 1.807) is 31.2 Å². The van der Waals surface area contributed by atoms with Gasteiger partial charge in [0.15, 0.2) is 0 Å². The third kappa shape index (κ3) is 4.45. The molecule has 1 amide bonds. The standard InChI is InChI=1S/C23H27N3O4/c1-5-25-22(28)19-11-6-7-12-20(19)26(23(25)29)14-21(27)24-16(4)17-9-8-10-18(13-17)30-15(2)3/h6-13,15-16H,5,14H2,1-4H3,(H,24,27). The van der Waals surface area contributed by atoms with Crippen LogP contribution in [0.25, 0.3) is 10.9 Å². The first-order valence-electron chi connectivity index (χ1n) is 10.1. The number of carbonyl (C=O) groups excluding carboxylic acids is 1. The summed E-state index contributed by atoms with van der Waals surface area (Å²) in [6.07, 6.45) is 0.0551.